The lowest BCUT2D eigenvalue weighted by atomic mass is 9.85. The second kappa shape index (κ2) is 9.40. The first-order valence-electron chi connectivity index (χ1n) is 9.81. The van der Waals surface area contributed by atoms with Gasteiger partial charge in [0.2, 0.25) is 5.91 Å². The average Bonchev–Trinajstić information content (AvgIpc) is 3.24. The van der Waals surface area contributed by atoms with Crippen LogP contribution in [0.3, 0.4) is 0 Å². The SMILES string of the molecule is CC1CCC(N(CC2CCCO2)C(=O)[C@@H]2CCC[C@@H]2CN)CC1.Cl. The number of carbonyl (C=O) groups is 1. The van der Waals surface area contributed by atoms with Gasteiger partial charge in [-0.05, 0) is 69.7 Å². The van der Waals surface area contributed by atoms with E-state index in [4.69, 9.17) is 10.5 Å². The Labute approximate surface area is 153 Å². The Kier molecular flexibility index (Phi) is 7.83. The number of carbonyl (C=O) groups excluding carboxylic acids is 1. The highest BCUT2D eigenvalue weighted by molar-refractivity contribution is 5.85. The van der Waals surface area contributed by atoms with E-state index in [0.29, 0.717) is 24.4 Å². The normalized spacial score (nSPS) is 36.3. The number of hydrogen-bond acceptors (Lipinski definition) is 3. The van der Waals surface area contributed by atoms with Crippen LogP contribution in [0.5, 0.6) is 0 Å². The standard InChI is InChI=1S/C19H34N2O2.ClH/c1-14-7-9-16(10-8-14)21(13-17-5-3-11-23-17)19(22)18-6-2-4-15(18)12-20;/h14-18H,2-13,20H2,1H3;1H/t14?,15-,16?,17?,18-;/m1./s1. The third-order valence-corrected chi connectivity index (χ3v) is 6.41. The summed E-state index contributed by atoms with van der Waals surface area (Å²) in [6, 6.07) is 0.432. The maximum atomic E-state index is 13.3. The minimum atomic E-state index is 0. The lowest BCUT2D eigenvalue weighted by molar-refractivity contribution is -0.141. The Morgan fingerprint density at radius 1 is 1.08 bits per heavy atom. The number of halogens is 1. The Morgan fingerprint density at radius 3 is 2.46 bits per heavy atom. The third-order valence-electron chi connectivity index (χ3n) is 6.41. The van der Waals surface area contributed by atoms with Crippen LogP contribution in [0.4, 0.5) is 0 Å². The third kappa shape index (κ3) is 4.64. The smallest absolute Gasteiger partial charge is 0.226 e. The Bertz CT molecular complexity index is 393. The van der Waals surface area contributed by atoms with E-state index in [1.54, 1.807) is 0 Å². The van der Waals surface area contributed by atoms with Crippen LogP contribution < -0.4 is 5.73 Å². The van der Waals surface area contributed by atoms with Gasteiger partial charge in [-0.2, -0.15) is 0 Å². The summed E-state index contributed by atoms with van der Waals surface area (Å²) in [6.45, 7) is 4.67. The maximum absolute atomic E-state index is 13.3. The number of rotatable bonds is 5. The van der Waals surface area contributed by atoms with Gasteiger partial charge < -0.3 is 15.4 Å². The second-order valence-corrected chi connectivity index (χ2v) is 8.07. The summed E-state index contributed by atoms with van der Waals surface area (Å²) in [5.41, 5.74) is 5.93. The molecule has 1 aliphatic heterocycles. The van der Waals surface area contributed by atoms with Gasteiger partial charge in [0, 0.05) is 25.1 Å². The van der Waals surface area contributed by atoms with Crippen LogP contribution in [-0.4, -0.2) is 42.6 Å². The fraction of sp³-hybridized carbons (Fsp3) is 0.947. The molecule has 1 unspecified atom stereocenters. The van der Waals surface area contributed by atoms with Gasteiger partial charge in [0.15, 0.2) is 0 Å². The molecule has 3 aliphatic rings. The molecule has 24 heavy (non-hydrogen) atoms. The molecule has 0 aromatic carbocycles. The van der Waals surface area contributed by atoms with Gasteiger partial charge >= 0.3 is 0 Å². The number of nitrogens with two attached hydrogens (primary N) is 1. The molecule has 2 N–H and O–H groups in total. The van der Waals surface area contributed by atoms with E-state index in [-0.39, 0.29) is 24.4 Å². The van der Waals surface area contributed by atoms with Crippen molar-refractivity contribution in [1.82, 2.24) is 4.90 Å². The van der Waals surface area contributed by atoms with Gasteiger partial charge in [0.25, 0.3) is 0 Å². The summed E-state index contributed by atoms with van der Waals surface area (Å²) in [6.07, 6.45) is 10.7. The van der Waals surface area contributed by atoms with Crippen molar-refractivity contribution in [3.8, 4) is 0 Å². The summed E-state index contributed by atoms with van der Waals surface area (Å²) < 4.78 is 5.84. The molecule has 3 atom stereocenters. The molecule has 0 radical (unpaired) electrons. The molecule has 0 aromatic rings. The zero-order chi connectivity index (χ0) is 16.2. The number of amides is 1. The molecule has 0 spiro atoms. The Hall–Kier alpha value is -0.320. The molecule has 5 heteroatoms. The fourth-order valence-corrected chi connectivity index (χ4v) is 4.84. The van der Waals surface area contributed by atoms with Crippen LogP contribution in [0.2, 0.25) is 0 Å². The van der Waals surface area contributed by atoms with E-state index in [0.717, 1.165) is 51.2 Å². The zero-order valence-corrected chi connectivity index (χ0v) is 15.9. The number of nitrogens with zero attached hydrogens (tertiary/aromatic N) is 1. The van der Waals surface area contributed by atoms with Gasteiger partial charge in [-0.1, -0.05) is 13.3 Å². The lowest BCUT2D eigenvalue weighted by Gasteiger charge is -2.39. The molecular weight excluding hydrogens is 324 g/mol. The summed E-state index contributed by atoms with van der Waals surface area (Å²) in [5, 5.41) is 0. The first-order valence-corrected chi connectivity index (χ1v) is 9.81. The molecule has 2 aliphatic carbocycles. The highest BCUT2D eigenvalue weighted by atomic mass is 35.5. The van der Waals surface area contributed by atoms with Crippen molar-refractivity contribution in [1.29, 1.82) is 0 Å². The molecule has 1 amide bonds. The van der Waals surface area contributed by atoms with Crippen LogP contribution in [-0.2, 0) is 9.53 Å². The molecule has 1 heterocycles. The topological polar surface area (TPSA) is 55.6 Å². The van der Waals surface area contributed by atoms with E-state index in [9.17, 15) is 4.79 Å². The van der Waals surface area contributed by atoms with Gasteiger partial charge in [0.1, 0.15) is 0 Å². The van der Waals surface area contributed by atoms with Gasteiger partial charge in [-0.15, -0.1) is 12.4 Å². The van der Waals surface area contributed by atoms with Gasteiger partial charge in [-0.25, -0.2) is 0 Å². The Balaban J connectivity index is 0.00000208. The summed E-state index contributed by atoms with van der Waals surface area (Å²) in [5.74, 6) is 1.76. The minimum absolute atomic E-state index is 0. The quantitative estimate of drug-likeness (QED) is 0.819. The average molecular weight is 359 g/mol. The molecule has 0 aromatic heterocycles. The molecule has 4 nitrogen and oxygen atoms in total. The first kappa shape index (κ1) is 20.0. The number of ether oxygens (including phenoxy) is 1. The highest BCUT2D eigenvalue weighted by Crippen LogP contribution is 2.35. The molecule has 0 bridgehead atoms. The van der Waals surface area contributed by atoms with Crippen molar-refractivity contribution >= 4 is 18.3 Å². The van der Waals surface area contributed by atoms with Crippen molar-refractivity contribution < 1.29 is 9.53 Å². The minimum Gasteiger partial charge on any atom is -0.376 e. The van der Waals surface area contributed by atoms with Gasteiger partial charge in [0.05, 0.1) is 6.10 Å². The second-order valence-electron chi connectivity index (χ2n) is 8.07. The lowest BCUT2D eigenvalue weighted by Crippen LogP contribution is -2.49. The predicted molar refractivity (Wildman–Crippen MR) is 99.2 cm³/mol. The molecular formula is C19H35ClN2O2. The predicted octanol–water partition coefficient (Wildman–Crippen LogP) is 3.37. The fourth-order valence-electron chi connectivity index (χ4n) is 4.84. The van der Waals surface area contributed by atoms with Crippen molar-refractivity contribution in [3.05, 3.63) is 0 Å². The highest BCUT2D eigenvalue weighted by Gasteiger charge is 2.38. The van der Waals surface area contributed by atoms with Crippen molar-refractivity contribution in [2.75, 3.05) is 19.7 Å². The van der Waals surface area contributed by atoms with Crippen LogP contribution in [0.1, 0.15) is 64.7 Å². The van der Waals surface area contributed by atoms with Crippen LogP contribution in [0.25, 0.3) is 0 Å². The molecule has 2 saturated carbocycles. The largest absolute Gasteiger partial charge is 0.376 e. The van der Waals surface area contributed by atoms with Crippen molar-refractivity contribution in [2.24, 2.45) is 23.5 Å². The van der Waals surface area contributed by atoms with E-state index >= 15 is 0 Å². The van der Waals surface area contributed by atoms with Crippen LogP contribution in [0, 0.1) is 17.8 Å². The van der Waals surface area contributed by atoms with E-state index < -0.39 is 0 Å². The van der Waals surface area contributed by atoms with Gasteiger partial charge in [-0.3, -0.25) is 4.79 Å². The van der Waals surface area contributed by atoms with E-state index in [1.165, 1.54) is 25.7 Å². The Morgan fingerprint density at radius 2 is 1.83 bits per heavy atom. The summed E-state index contributed by atoms with van der Waals surface area (Å²) in [7, 11) is 0. The molecule has 140 valence electrons. The zero-order valence-electron chi connectivity index (χ0n) is 15.1. The first-order chi connectivity index (χ1) is 11.2. The summed E-state index contributed by atoms with van der Waals surface area (Å²) in [4.78, 5) is 15.5. The van der Waals surface area contributed by atoms with Crippen LogP contribution >= 0.6 is 12.4 Å². The van der Waals surface area contributed by atoms with Crippen LogP contribution in [0.15, 0.2) is 0 Å². The maximum Gasteiger partial charge on any atom is 0.226 e. The molecule has 3 fully saturated rings. The molecule has 3 rings (SSSR count). The number of hydrogen-bond donors (Lipinski definition) is 1. The monoisotopic (exact) mass is 358 g/mol. The van der Waals surface area contributed by atoms with Crippen molar-refractivity contribution in [2.45, 2.75) is 76.9 Å². The van der Waals surface area contributed by atoms with E-state index in [2.05, 4.69) is 11.8 Å². The van der Waals surface area contributed by atoms with Crippen molar-refractivity contribution in [3.63, 3.8) is 0 Å². The summed E-state index contributed by atoms with van der Waals surface area (Å²) >= 11 is 0. The molecule has 1 saturated heterocycles. The van der Waals surface area contributed by atoms with E-state index in [1.807, 2.05) is 0 Å².